The first-order valence-electron chi connectivity index (χ1n) is 8.90. The summed E-state index contributed by atoms with van der Waals surface area (Å²) in [5.41, 5.74) is 1.17. The quantitative estimate of drug-likeness (QED) is 0.519. The van der Waals surface area contributed by atoms with Crippen molar-refractivity contribution in [3.8, 4) is 5.75 Å². The van der Waals surface area contributed by atoms with Gasteiger partial charge in [-0.25, -0.2) is 18.8 Å². The second-order valence-corrected chi connectivity index (χ2v) is 6.57. The Balaban J connectivity index is 1.85. The summed E-state index contributed by atoms with van der Waals surface area (Å²) in [7, 11) is 0. The number of phenolic OH excluding ortho intramolecular Hbond substituents is 1. The third kappa shape index (κ3) is 4.02. The molecule has 2 aromatic heterocycles. The van der Waals surface area contributed by atoms with E-state index in [1.807, 2.05) is 6.92 Å². The SMILES string of the molecule is Cc1ccc(NC(=O)c2cc3ccc(O)cc3oc2=Nc2ccc(F)c(F)c2)nc1. The highest BCUT2D eigenvalue weighted by Crippen LogP contribution is 2.21. The van der Waals surface area contributed by atoms with Crippen LogP contribution in [-0.2, 0) is 0 Å². The van der Waals surface area contributed by atoms with Gasteiger partial charge in [0.1, 0.15) is 22.7 Å². The Hall–Kier alpha value is -4.07. The number of amides is 1. The molecule has 2 aromatic carbocycles. The molecule has 0 spiro atoms. The van der Waals surface area contributed by atoms with E-state index in [1.165, 1.54) is 24.3 Å². The van der Waals surface area contributed by atoms with Crippen LogP contribution >= 0.6 is 0 Å². The van der Waals surface area contributed by atoms with E-state index in [9.17, 15) is 18.7 Å². The predicted octanol–water partition coefficient (Wildman–Crippen LogP) is 4.60. The van der Waals surface area contributed by atoms with Gasteiger partial charge in [-0.3, -0.25) is 4.79 Å². The molecule has 0 saturated carbocycles. The molecule has 0 radical (unpaired) electrons. The van der Waals surface area contributed by atoms with E-state index in [1.54, 1.807) is 24.4 Å². The molecule has 0 atom stereocenters. The number of aryl methyl sites for hydroxylation is 1. The van der Waals surface area contributed by atoms with Crippen LogP contribution < -0.4 is 10.9 Å². The third-order valence-corrected chi connectivity index (χ3v) is 4.27. The number of rotatable bonds is 3. The fourth-order valence-corrected chi connectivity index (χ4v) is 2.75. The van der Waals surface area contributed by atoms with Gasteiger partial charge in [-0.15, -0.1) is 0 Å². The summed E-state index contributed by atoms with van der Waals surface area (Å²) in [6.45, 7) is 1.87. The zero-order valence-corrected chi connectivity index (χ0v) is 15.7. The van der Waals surface area contributed by atoms with Gasteiger partial charge in [0.2, 0.25) is 5.55 Å². The number of hydrogen-bond acceptors (Lipinski definition) is 5. The standard InChI is InChI=1S/C22H15F2N3O3/c1-12-2-7-20(25-11-12)27-21(29)16-8-13-3-5-15(28)10-19(13)30-22(16)26-14-4-6-17(23)18(24)9-14/h2-11,28H,1H3,(H,25,27,29). The Kier molecular flexibility index (Phi) is 4.97. The van der Waals surface area contributed by atoms with Gasteiger partial charge in [-0.1, -0.05) is 6.07 Å². The molecule has 0 aliphatic rings. The van der Waals surface area contributed by atoms with Gasteiger partial charge in [0, 0.05) is 23.7 Å². The minimum absolute atomic E-state index is 0.0360. The summed E-state index contributed by atoms with van der Waals surface area (Å²) in [5.74, 6) is -2.35. The molecule has 1 amide bonds. The van der Waals surface area contributed by atoms with E-state index < -0.39 is 17.5 Å². The molecule has 6 nitrogen and oxygen atoms in total. The second-order valence-electron chi connectivity index (χ2n) is 6.57. The molecule has 0 aliphatic heterocycles. The highest BCUT2D eigenvalue weighted by Gasteiger charge is 2.14. The predicted molar refractivity (Wildman–Crippen MR) is 106 cm³/mol. The number of pyridine rings is 1. The first kappa shape index (κ1) is 19.3. The number of anilines is 1. The molecule has 2 N–H and O–H groups in total. The summed E-state index contributed by atoms with van der Waals surface area (Å²) >= 11 is 0. The summed E-state index contributed by atoms with van der Waals surface area (Å²) in [6, 6.07) is 12.4. The molecule has 0 bridgehead atoms. The molecule has 2 heterocycles. The Bertz CT molecular complexity index is 1330. The van der Waals surface area contributed by atoms with Crippen LogP contribution in [-0.4, -0.2) is 16.0 Å². The van der Waals surface area contributed by atoms with E-state index in [0.717, 1.165) is 17.7 Å². The first-order valence-corrected chi connectivity index (χ1v) is 8.90. The highest BCUT2D eigenvalue weighted by molar-refractivity contribution is 6.05. The molecular weight excluding hydrogens is 392 g/mol. The maximum Gasteiger partial charge on any atom is 0.262 e. The summed E-state index contributed by atoms with van der Waals surface area (Å²) in [5, 5.41) is 12.9. The normalized spacial score (nSPS) is 11.6. The summed E-state index contributed by atoms with van der Waals surface area (Å²) in [4.78, 5) is 21.2. The summed E-state index contributed by atoms with van der Waals surface area (Å²) < 4.78 is 32.5. The van der Waals surface area contributed by atoms with Gasteiger partial charge in [-0.2, -0.15) is 0 Å². The van der Waals surface area contributed by atoms with Crippen molar-refractivity contribution < 1.29 is 23.1 Å². The largest absolute Gasteiger partial charge is 0.508 e. The number of carbonyl (C=O) groups is 1. The Morgan fingerprint density at radius 1 is 1.07 bits per heavy atom. The number of nitrogens with zero attached hydrogens (tertiary/aromatic N) is 2. The van der Waals surface area contributed by atoms with Crippen molar-refractivity contribution in [2.24, 2.45) is 4.99 Å². The molecule has 4 aromatic rings. The van der Waals surface area contributed by atoms with Crippen LogP contribution in [0.25, 0.3) is 11.0 Å². The smallest absolute Gasteiger partial charge is 0.262 e. The minimum Gasteiger partial charge on any atom is -0.508 e. The number of phenols is 1. The van der Waals surface area contributed by atoms with Crippen LogP contribution in [0.1, 0.15) is 15.9 Å². The van der Waals surface area contributed by atoms with Gasteiger partial charge in [0.15, 0.2) is 11.6 Å². The maximum absolute atomic E-state index is 13.6. The number of benzene rings is 2. The lowest BCUT2D eigenvalue weighted by Gasteiger charge is -2.07. The van der Waals surface area contributed by atoms with Crippen LogP contribution in [0.2, 0.25) is 0 Å². The number of nitrogens with one attached hydrogen (secondary N) is 1. The first-order chi connectivity index (χ1) is 14.4. The van der Waals surface area contributed by atoms with Gasteiger partial charge in [0.25, 0.3) is 5.91 Å². The van der Waals surface area contributed by atoms with Gasteiger partial charge < -0.3 is 14.8 Å². The van der Waals surface area contributed by atoms with Crippen LogP contribution in [0.3, 0.4) is 0 Å². The Labute approximate surface area is 169 Å². The lowest BCUT2D eigenvalue weighted by molar-refractivity contribution is 0.102. The molecule has 0 fully saturated rings. The lowest BCUT2D eigenvalue weighted by atomic mass is 10.1. The molecule has 4 rings (SSSR count). The van der Waals surface area contributed by atoms with Crippen molar-refractivity contribution in [3.63, 3.8) is 0 Å². The van der Waals surface area contributed by atoms with Crippen LogP contribution in [0.15, 0.2) is 70.2 Å². The van der Waals surface area contributed by atoms with Gasteiger partial charge >= 0.3 is 0 Å². The topological polar surface area (TPSA) is 87.7 Å². The molecule has 30 heavy (non-hydrogen) atoms. The minimum atomic E-state index is -1.08. The van der Waals surface area contributed by atoms with Crippen LogP contribution in [0, 0.1) is 18.6 Å². The zero-order chi connectivity index (χ0) is 21.3. The fraction of sp³-hybridized carbons (Fsp3) is 0.0455. The zero-order valence-electron chi connectivity index (χ0n) is 15.7. The molecule has 0 aliphatic carbocycles. The third-order valence-electron chi connectivity index (χ3n) is 4.27. The second kappa shape index (κ2) is 7.75. The van der Waals surface area contributed by atoms with E-state index >= 15 is 0 Å². The van der Waals surface area contributed by atoms with Crippen LogP contribution in [0.5, 0.6) is 5.75 Å². The fourth-order valence-electron chi connectivity index (χ4n) is 2.75. The van der Waals surface area contributed by atoms with Gasteiger partial charge in [-0.05, 0) is 48.9 Å². The van der Waals surface area contributed by atoms with Crippen molar-refractivity contribution in [2.75, 3.05) is 5.32 Å². The molecule has 8 heteroatoms. The average Bonchev–Trinajstić information content (AvgIpc) is 2.72. The van der Waals surface area contributed by atoms with Crippen molar-refractivity contribution in [1.29, 1.82) is 0 Å². The van der Waals surface area contributed by atoms with Gasteiger partial charge in [0.05, 0.1) is 5.69 Å². The lowest BCUT2D eigenvalue weighted by Crippen LogP contribution is -2.22. The van der Waals surface area contributed by atoms with Crippen molar-refractivity contribution in [1.82, 2.24) is 4.98 Å². The number of hydrogen-bond donors (Lipinski definition) is 2. The van der Waals surface area contributed by atoms with E-state index in [4.69, 9.17) is 4.42 Å². The molecule has 0 unspecified atom stereocenters. The van der Waals surface area contributed by atoms with Crippen LogP contribution in [0.4, 0.5) is 20.3 Å². The molecule has 0 saturated heterocycles. The number of carbonyl (C=O) groups excluding carboxylic acids is 1. The monoisotopic (exact) mass is 407 g/mol. The van der Waals surface area contributed by atoms with Crippen molar-refractivity contribution in [2.45, 2.75) is 6.92 Å². The highest BCUT2D eigenvalue weighted by atomic mass is 19.2. The maximum atomic E-state index is 13.6. The van der Waals surface area contributed by atoms with E-state index in [0.29, 0.717) is 11.2 Å². The van der Waals surface area contributed by atoms with E-state index in [2.05, 4.69) is 15.3 Å². The average molecular weight is 407 g/mol. The summed E-state index contributed by atoms with van der Waals surface area (Å²) in [6.07, 6.45) is 1.61. The number of fused-ring (bicyclic) bond motifs is 1. The number of aromatic nitrogens is 1. The number of halogens is 2. The number of aromatic hydroxyl groups is 1. The Morgan fingerprint density at radius 2 is 1.90 bits per heavy atom. The molecule has 150 valence electrons. The van der Waals surface area contributed by atoms with Crippen molar-refractivity contribution in [3.05, 3.63) is 89.1 Å². The van der Waals surface area contributed by atoms with Crippen molar-refractivity contribution >= 4 is 28.4 Å². The molecular formula is C22H15F2N3O3. The Morgan fingerprint density at radius 3 is 2.63 bits per heavy atom. The van der Waals surface area contributed by atoms with E-state index in [-0.39, 0.29) is 28.1 Å².